The molecule has 3 rings (SSSR count). The number of methoxy groups -OCH3 is 1. The van der Waals surface area contributed by atoms with Gasteiger partial charge in [-0.2, -0.15) is 0 Å². The average molecular weight is 223 g/mol. The summed E-state index contributed by atoms with van der Waals surface area (Å²) in [4.78, 5) is 7.06. The summed E-state index contributed by atoms with van der Waals surface area (Å²) < 4.78 is 5.24. The molecule has 83 valence electrons. The molecule has 0 aliphatic carbocycles. The van der Waals surface area contributed by atoms with Crippen LogP contribution in [-0.4, -0.2) is 17.1 Å². The van der Waals surface area contributed by atoms with E-state index in [4.69, 9.17) is 4.74 Å². The first kappa shape index (κ1) is 9.90. The Morgan fingerprint density at radius 1 is 1.12 bits per heavy atom. The highest BCUT2D eigenvalue weighted by molar-refractivity contribution is 5.96. The predicted molar refractivity (Wildman–Crippen MR) is 66.9 cm³/mol. The lowest BCUT2D eigenvalue weighted by molar-refractivity contribution is 0.401. The van der Waals surface area contributed by atoms with Crippen LogP contribution in [0.1, 0.15) is 0 Å². The van der Waals surface area contributed by atoms with Gasteiger partial charge in [-0.25, -0.2) is 4.98 Å². The zero-order valence-electron chi connectivity index (χ0n) is 9.40. The summed E-state index contributed by atoms with van der Waals surface area (Å²) in [7, 11) is 1.62. The first-order valence-corrected chi connectivity index (χ1v) is 5.38. The number of hydrogen-bond acceptors (Lipinski definition) is 2. The van der Waals surface area contributed by atoms with Gasteiger partial charge in [0.25, 0.3) is 0 Å². The summed E-state index contributed by atoms with van der Waals surface area (Å²) in [5, 5.41) is 2.35. The molecule has 3 heteroatoms. The first-order valence-electron chi connectivity index (χ1n) is 5.38. The molecule has 0 saturated carbocycles. The van der Waals surface area contributed by atoms with E-state index in [0.717, 1.165) is 16.6 Å². The van der Waals surface area contributed by atoms with Crippen molar-refractivity contribution < 1.29 is 4.74 Å². The monoisotopic (exact) mass is 223 g/mol. The van der Waals surface area contributed by atoms with Crippen LogP contribution in [0.25, 0.3) is 22.0 Å². The Labute approximate surface area is 99.1 Å². The Hall–Kier alpha value is -2.29. The highest BCUT2D eigenvalue weighted by atomic mass is 16.5. The SMILES string of the molecule is COc1[nH][c]nc1-c1cccc2ccccc12. The van der Waals surface area contributed by atoms with Crippen molar-refractivity contribution in [1.29, 1.82) is 0 Å². The molecule has 0 atom stereocenters. The van der Waals surface area contributed by atoms with E-state index in [1.807, 2.05) is 24.3 Å². The van der Waals surface area contributed by atoms with Gasteiger partial charge in [0.15, 0.2) is 6.33 Å². The third-order valence-corrected chi connectivity index (χ3v) is 2.80. The van der Waals surface area contributed by atoms with Gasteiger partial charge in [-0.3, -0.25) is 0 Å². The number of ether oxygens (including phenoxy) is 1. The van der Waals surface area contributed by atoms with E-state index in [9.17, 15) is 0 Å². The Bertz CT molecular complexity index is 653. The van der Waals surface area contributed by atoms with Crippen LogP contribution in [0, 0.1) is 6.33 Å². The van der Waals surface area contributed by atoms with Crippen LogP contribution in [0.5, 0.6) is 5.88 Å². The van der Waals surface area contributed by atoms with Crippen molar-refractivity contribution in [2.75, 3.05) is 7.11 Å². The summed E-state index contributed by atoms with van der Waals surface area (Å²) in [5.41, 5.74) is 1.85. The predicted octanol–water partition coefficient (Wildman–Crippen LogP) is 3.04. The molecule has 1 heterocycles. The number of nitrogens with one attached hydrogen (secondary N) is 1. The normalized spacial score (nSPS) is 10.6. The Kier molecular flexibility index (Phi) is 2.29. The Morgan fingerprint density at radius 3 is 2.82 bits per heavy atom. The maximum absolute atomic E-state index is 5.24. The number of benzene rings is 2. The average Bonchev–Trinajstić information content (AvgIpc) is 2.86. The summed E-state index contributed by atoms with van der Waals surface area (Å²) >= 11 is 0. The molecule has 17 heavy (non-hydrogen) atoms. The summed E-state index contributed by atoms with van der Waals surface area (Å²) in [5.74, 6) is 0.640. The molecule has 0 fully saturated rings. The van der Waals surface area contributed by atoms with Gasteiger partial charge < -0.3 is 9.72 Å². The molecule has 3 nitrogen and oxygen atoms in total. The molecular formula is C14H11N2O. The van der Waals surface area contributed by atoms with E-state index in [1.54, 1.807) is 7.11 Å². The second kappa shape index (κ2) is 3.94. The van der Waals surface area contributed by atoms with Crippen molar-refractivity contribution in [3.8, 4) is 17.1 Å². The molecule has 0 aliphatic rings. The van der Waals surface area contributed by atoms with Gasteiger partial charge in [0.05, 0.1) is 7.11 Å². The minimum absolute atomic E-state index is 0.640. The van der Waals surface area contributed by atoms with Crippen LogP contribution in [0.2, 0.25) is 0 Å². The molecule has 0 spiro atoms. The molecule has 1 radical (unpaired) electrons. The zero-order chi connectivity index (χ0) is 11.7. The number of H-pyrrole nitrogens is 1. The number of aromatic nitrogens is 2. The molecule has 2 aromatic carbocycles. The molecule has 1 N–H and O–H groups in total. The summed E-state index contributed by atoms with van der Waals surface area (Å²) in [6, 6.07) is 14.4. The molecular weight excluding hydrogens is 212 g/mol. The van der Waals surface area contributed by atoms with E-state index in [1.165, 1.54) is 5.39 Å². The molecule has 3 aromatic rings. The fourth-order valence-corrected chi connectivity index (χ4v) is 2.01. The molecule has 0 saturated heterocycles. The Balaban J connectivity index is 2.31. The summed E-state index contributed by atoms with van der Waals surface area (Å²) in [6.07, 6.45) is 2.71. The van der Waals surface area contributed by atoms with Crippen LogP contribution in [0.4, 0.5) is 0 Å². The van der Waals surface area contributed by atoms with Crippen molar-refractivity contribution in [1.82, 2.24) is 9.97 Å². The van der Waals surface area contributed by atoms with Crippen LogP contribution >= 0.6 is 0 Å². The number of fused-ring (bicyclic) bond motifs is 1. The van der Waals surface area contributed by atoms with Crippen LogP contribution in [0.3, 0.4) is 0 Å². The Morgan fingerprint density at radius 2 is 1.94 bits per heavy atom. The molecule has 1 aromatic heterocycles. The second-order valence-electron chi connectivity index (χ2n) is 3.76. The number of nitrogens with zero attached hydrogens (tertiary/aromatic N) is 1. The van der Waals surface area contributed by atoms with E-state index in [-0.39, 0.29) is 0 Å². The van der Waals surface area contributed by atoms with Crippen molar-refractivity contribution in [2.45, 2.75) is 0 Å². The van der Waals surface area contributed by atoms with Crippen LogP contribution in [-0.2, 0) is 0 Å². The lowest BCUT2D eigenvalue weighted by Gasteiger charge is -2.05. The molecule has 0 amide bonds. The number of aromatic amines is 1. The van der Waals surface area contributed by atoms with Crippen molar-refractivity contribution in [3.05, 3.63) is 48.8 Å². The summed E-state index contributed by atoms with van der Waals surface area (Å²) in [6.45, 7) is 0. The van der Waals surface area contributed by atoms with Crippen molar-refractivity contribution >= 4 is 10.8 Å². The third-order valence-electron chi connectivity index (χ3n) is 2.80. The van der Waals surface area contributed by atoms with E-state index in [2.05, 4.69) is 34.5 Å². The van der Waals surface area contributed by atoms with Gasteiger partial charge in [0.2, 0.25) is 5.88 Å². The van der Waals surface area contributed by atoms with Crippen LogP contribution in [0.15, 0.2) is 42.5 Å². The standard InChI is InChI=1S/C14H11N2O/c1-17-14-13(15-9-16-14)12-8-4-6-10-5-2-3-7-11(10)12/h2-8H,1H3,(H,15,16). The fraction of sp³-hybridized carbons (Fsp3) is 0.0714. The highest BCUT2D eigenvalue weighted by Gasteiger charge is 2.11. The first-order chi connectivity index (χ1) is 8.40. The maximum Gasteiger partial charge on any atom is 0.219 e. The second-order valence-corrected chi connectivity index (χ2v) is 3.76. The van der Waals surface area contributed by atoms with Gasteiger partial charge >= 0.3 is 0 Å². The third kappa shape index (κ3) is 1.56. The minimum Gasteiger partial charge on any atom is -0.481 e. The number of rotatable bonds is 2. The highest BCUT2D eigenvalue weighted by Crippen LogP contribution is 2.31. The molecule has 0 aliphatic heterocycles. The lowest BCUT2D eigenvalue weighted by atomic mass is 10.0. The molecule has 0 bridgehead atoms. The minimum atomic E-state index is 0.640. The van der Waals surface area contributed by atoms with Gasteiger partial charge in [0.1, 0.15) is 5.69 Å². The maximum atomic E-state index is 5.24. The zero-order valence-corrected chi connectivity index (χ0v) is 9.40. The van der Waals surface area contributed by atoms with E-state index in [0.29, 0.717) is 5.88 Å². The smallest absolute Gasteiger partial charge is 0.219 e. The fourth-order valence-electron chi connectivity index (χ4n) is 2.01. The quantitative estimate of drug-likeness (QED) is 0.725. The lowest BCUT2D eigenvalue weighted by Crippen LogP contribution is -1.87. The number of hydrogen-bond donors (Lipinski definition) is 1. The van der Waals surface area contributed by atoms with E-state index < -0.39 is 0 Å². The van der Waals surface area contributed by atoms with Gasteiger partial charge in [-0.05, 0) is 10.8 Å². The van der Waals surface area contributed by atoms with Crippen LogP contribution < -0.4 is 4.74 Å². The van der Waals surface area contributed by atoms with E-state index >= 15 is 0 Å². The van der Waals surface area contributed by atoms with Gasteiger partial charge in [-0.1, -0.05) is 42.5 Å². The molecule has 0 unspecified atom stereocenters. The largest absolute Gasteiger partial charge is 0.481 e. The number of imidazole rings is 1. The van der Waals surface area contributed by atoms with Crippen molar-refractivity contribution in [3.63, 3.8) is 0 Å². The topological polar surface area (TPSA) is 37.9 Å². The van der Waals surface area contributed by atoms with Crippen molar-refractivity contribution in [2.24, 2.45) is 0 Å². The van der Waals surface area contributed by atoms with Gasteiger partial charge in [0, 0.05) is 5.56 Å². The van der Waals surface area contributed by atoms with Gasteiger partial charge in [-0.15, -0.1) is 0 Å².